The zero-order chi connectivity index (χ0) is 28.9. The molecule has 9 nitrogen and oxygen atoms in total. The first-order valence-electron chi connectivity index (χ1n) is 15.4. The second-order valence-electron chi connectivity index (χ2n) is 10.7. The van der Waals surface area contributed by atoms with Gasteiger partial charge in [0, 0.05) is 25.3 Å². The number of hydrogen-bond donors (Lipinski definition) is 0. The molecule has 1 aromatic carbocycles. The highest BCUT2D eigenvalue weighted by Gasteiger charge is 2.25. The summed E-state index contributed by atoms with van der Waals surface area (Å²) in [5, 5.41) is 10.9. The van der Waals surface area contributed by atoms with Crippen molar-refractivity contribution in [1.29, 1.82) is 0 Å². The molecule has 0 bridgehead atoms. The zero-order valence-corrected chi connectivity index (χ0v) is 25.3. The van der Waals surface area contributed by atoms with Crippen molar-refractivity contribution >= 4 is 15.8 Å². The van der Waals surface area contributed by atoms with E-state index in [2.05, 4.69) is 6.92 Å². The SMILES string of the molecule is CCCCCCCCCCCCCCCCOC[C@@H](COC1CCCCO1)OS(=O)(=O)c1ccc([N+](=O)[O-])cc1. The molecule has 40 heavy (non-hydrogen) atoms. The van der Waals surface area contributed by atoms with Gasteiger partial charge in [0.15, 0.2) is 6.29 Å². The Labute approximate surface area is 241 Å². The number of non-ortho nitro benzene ring substituents is 1. The summed E-state index contributed by atoms with van der Waals surface area (Å²) in [6.07, 6.45) is 19.4. The summed E-state index contributed by atoms with van der Waals surface area (Å²) in [6.45, 7) is 3.47. The summed E-state index contributed by atoms with van der Waals surface area (Å²) in [7, 11) is -4.15. The van der Waals surface area contributed by atoms with Crippen LogP contribution in [0.1, 0.15) is 116 Å². The summed E-state index contributed by atoms with van der Waals surface area (Å²) in [6, 6.07) is 4.63. The van der Waals surface area contributed by atoms with Crippen LogP contribution in [0, 0.1) is 10.1 Å². The van der Waals surface area contributed by atoms with Crippen LogP contribution in [0.25, 0.3) is 0 Å². The van der Waals surface area contributed by atoms with Gasteiger partial charge >= 0.3 is 0 Å². The quantitative estimate of drug-likeness (QED) is 0.0524. The molecule has 2 atom stereocenters. The standard InChI is InChI=1S/C30H51NO8S/c1-2-3-4-5-6-7-8-9-10-11-12-13-14-16-23-36-25-28(26-38-30-18-15-17-24-37-30)39-40(34,35)29-21-19-27(20-22-29)31(32)33/h19-22,28,30H,2-18,23-26H2,1H3/t28-,30?/m0/s1. The molecule has 2 rings (SSSR count). The molecule has 0 spiro atoms. The first-order chi connectivity index (χ1) is 19.4. The molecular formula is C30H51NO8S. The molecule has 1 fully saturated rings. The van der Waals surface area contributed by atoms with E-state index in [0.29, 0.717) is 13.2 Å². The van der Waals surface area contributed by atoms with Crippen molar-refractivity contribution < 1.29 is 31.7 Å². The number of ether oxygens (including phenoxy) is 3. The molecule has 0 aromatic heterocycles. The fourth-order valence-corrected chi connectivity index (χ4v) is 5.79. The highest BCUT2D eigenvalue weighted by Crippen LogP contribution is 2.20. The van der Waals surface area contributed by atoms with Crippen LogP contribution in [-0.4, -0.2) is 52.2 Å². The van der Waals surface area contributed by atoms with Gasteiger partial charge in [-0.25, -0.2) is 0 Å². The predicted octanol–water partition coefficient (Wildman–Crippen LogP) is 7.71. The Morgan fingerprint density at radius 2 is 1.45 bits per heavy atom. The van der Waals surface area contributed by atoms with E-state index in [0.717, 1.165) is 44.2 Å². The van der Waals surface area contributed by atoms with Crippen molar-refractivity contribution in [3.05, 3.63) is 34.4 Å². The van der Waals surface area contributed by atoms with Crippen molar-refractivity contribution in [2.45, 2.75) is 133 Å². The molecule has 1 saturated heterocycles. The Hall–Kier alpha value is -1.59. The van der Waals surface area contributed by atoms with Crippen molar-refractivity contribution in [1.82, 2.24) is 0 Å². The molecule has 0 N–H and O–H groups in total. The maximum absolute atomic E-state index is 12.8. The van der Waals surface area contributed by atoms with E-state index in [4.69, 9.17) is 18.4 Å². The molecule has 1 aliphatic heterocycles. The van der Waals surface area contributed by atoms with E-state index in [-0.39, 0.29) is 30.1 Å². The average Bonchev–Trinajstić information content (AvgIpc) is 2.96. The van der Waals surface area contributed by atoms with Gasteiger partial charge in [-0.1, -0.05) is 90.4 Å². The Balaban J connectivity index is 1.64. The molecular weight excluding hydrogens is 534 g/mol. The smallest absolute Gasteiger partial charge is 0.297 e. The monoisotopic (exact) mass is 585 g/mol. The molecule has 0 radical (unpaired) electrons. The van der Waals surface area contributed by atoms with Crippen LogP contribution < -0.4 is 0 Å². The van der Waals surface area contributed by atoms with E-state index in [1.165, 1.54) is 89.2 Å². The van der Waals surface area contributed by atoms with Gasteiger partial charge in [-0.15, -0.1) is 0 Å². The third-order valence-electron chi connectivity index (χ3n) is 7.15. The lowest BCUT2D eigenvalue weighted by molar-refractivity contribution is -0.384. The summed E-state index contributed by atoms with van der Waals surface area (Å²) >= 11 is 0. The molecule has 10 heteroatoms. The number of benzene rings is 1. The van der Waals surface area contributed by atoms with Crippen LogP contribution in [0.15, 0.2) is 29.2 Å². The minimum Gasteiger partial charge on any atom is -0.379 e. The second kappa shape index (κ2) is 21.2. The molecule has 1 unspecified atom stereocenters. The Kier molecular flexibility index (Phi) is 18.3. The number of nitrogens with zero attached hydrogens (tertiary/aromatic N) is 1. The summed E-state index contributed by atoms with van der Waals surface area (Å²) in [4.78, 5) is 10.2. The number of hydrogen-bond acceptors (Lipinski definition) is 8. The Morgan fingerprint density at radius 1 is 0.875 bits per heavy atom. The largest absolute Gasteiger partial charge is 0.379 e. The number of nitro benzene ring substituents is 1. The van der Waals surface area contributed by atoms with Crippen LogP contribution in [0.3, 0.4) is 0 Å². The number of unbranched alkanes of at least 4 members (excludes halogenated alkanes) is 13. The Morgan fingerprint density at radius 3 is 1.98 bits per heavy atom. The van der Waals surface area contributed by atoms with Gasteiger partial charge in [-0.3, -0.25) is 14.3 Å². The lowest BCUT2D eigenvalue weighted by Crippen LogP contribution is -2.32. The average molecular weight is 586 g/mol. The predicted molar refractivity (Wildman–Crippen MR) is 156 cm³/mol. The van der Waals surface area contributed by atoms with E-state index >= 15 is 0 Å². The molecule has 0 saturated carbocycles. The summed E-state index contributed by atoms with van der Waals surface area (Å²) < 4.78 is 48.2. The van der Waals surface area contributed by atoms with Gasteiger partial charge in [0.25, 0.3) is 15.8 Å². The number of nitro groups is 1. The van der Waals surface area contributed by atoms with Crippen molar-refractivity contribution in [3.8, 4) is 0 Å². The van der Waals surface area contributed by atoms with Gasteiger partial charge in [0.1, 0.15) is 6.10 Å². The van der Waals surface area contributed by atoms with Gasteiger partial charge in [-0.2, -0.15) is 8.42 Å². The molecule has 1 aliphatic rings. The maximum atomic E-state index is 12.8. The van der Waals surface area contributed by atoms with Crippen LogP contribution in [-0.2, 0) is 28.5 Å². The lowest BCUT2D eigenvalue weighted by Gasteiger charge is -2.25. The lowest BCUT2D eigenvalue weighted by atomic mass is 10.0. The molecule has 1 heterocycles. The van der Waals surface area contributed by atoms with E-state index in [1.807, 2.05) is 0 Å². The minimum atomic E-state index is -4.15. The summed E-state index contributed by atoms with van der Waals surface area (Å²) in [5.41, 5.74) is -0.190. The Bertz CT molecular complexity index is 887. The normalized spacial score (nSPS) is 16.7. The summed E-state index contributed by atoms with van der Waals surface area (Å²) in [5.74, 6) is 0. The first-order valence-corrected chi connectivity index (χ1v) is 16.8. The van der Waals surface area contributed by atoms with E-state index in [1.54, 1.807) is 0 Å². The minimum absolute atomic E-state index is 0.00954. The molecule has 230 valence electrons. The topological polar surface area (TPSA) is 114 Å². The van der Waals surface area contributed by atoms with Crippen molar-refractivity contribution in [3.63, 3.8) is 0 Å². The molecule has 1 aromatic rings. The zero-order valence-electron chi connectivity index (χ0n) is 24.4. The maximum Gasteiger partial charge on any atom is 0.297 e. The third-order valence-corrected chi connectivity index (χ3v) is 8.53. The molecule has 0 aliphatic carbocycles. The van der Waals surface area contributed by atoms with Gasteiger partial charge < -0.3 is 14.2 Å². The molecule has 0 amide bonds. The van der Waals surface area contributed by atoms with Gasteiger partial charge in [-0.05, 0) is 37.8 Å². The van der Waals surface area contributed by atoms with Crippen molar-refractivity contribution in [2.24, 2.45) is 0 Å². The first kappa shape index (κ1) is 34.6. The second-order valence-corrected chi connectivity index (χ2v) is 12.3. The third kappa shape index (κ3) is 15.4. The van der Waals surface area contributed by atoms with Gasteiger partial charge in [0.2, 0.25) is 0 Å². The van der Waals surface area contributed by atoms with Gasteiger partial charge in [0.05, 0.1) is 23.0 Å². The van der Waals surface area contributed by atoms with Crippen LogP contribution in [0.2, 0.25) is 0 Å². The fourth-order valence-electron chi connectivity index (χ4n) is 4.74. The van der Waals surface area contributed by atoms with Crippen LogP contribution in [0.4, 0.5) is 5.69 Å². The van der Waals surface area contributed by atoms with Crippen LogP contribution in [0.5, 0.6) is 0 Å². The van der Waals surface area contributed by atoms with Crippen LogP contribution >= 0.6 is 0 Å². The van der Waals surface area contributed by atoms with E-state index < -0.39 is 21.1 Å². The highest BCUT2D eigenvalue weighted by atomic mass is 32.2. The fraction of sp³-hybridized carbons (Fsp3) is 0.800. The highest BCUT2D eigenvalue weighted by molar-refractivity contribution is 7.86. The van der Waals surface area contributed by atoms with Crippen molar-refractivity contribution in [2.75, 3.05) is 26.4 Å². The number of rotatable bonds is 24. The van der Waals surface area contributed by atoms with E-state index in [9.17, 15) is 18.5 Å².